The van der Waals surface area contributed by atoms with Gasteiger partial charge in [-0.3, -0.25) is 4.79 Å². The molecule has 0 radical (unpaired) electrons. The Labute approximate surface area is 142 Å². The van der Waals surface area contributed by atoms with Crippen LogP contribution in [0.3, 0.4) is 0 Å². The molecule has 0 saturated heterocycles. The summed E-state index contributed by atoms with van der Waals surface area (Å²) >= 11 is 6.04. The number of halogens is 1. The highest BCUT2D eigenvalue weighted by atomic mass is 35.5. The third-order valence-electron chi connectivity index (χ3n) is 3.57. The molecule has 0 fully saturated rings. The highest BCUT2D eigenvalue weighted by Crippen LogP contribution is 2.24. The summed E-state index contributed by atoms with van der Waals surface area (Å²) in [6.45, 7) is 4.79. The maximum absolute atomic E-state index is 12.4. The molecular formula is C18H22ClN3O. The van der Waals surface area contributed by atoms with Gasteiger partial charge in [-0.2, -0.15) is 0 Å². The molecule has 0 saturated carbocycles. The van der Waals surface area contributed by atoms with Gasteiger partial charge in [-0.05, 0) is 43.2 Å². The minimum absolute atomic E-state index is 0.114. The van der Waals surface area contributed by atoms with Gasteiger partial charge >= 0.3 is 0 Å². The van der Waals surface area contributed by atoms with E-state index in [-0.39, 0.29) is 5.91 Å². The van der Waals surface area contributed by atoms with Gasteiger partial charge in [0.2, 0.25) is 0 Å². The SMILES string of the molecule is CCCCCNC(=O)c1cccnc1Nc1cc(Cl)ccc1C. The number of aryl methyl sites for hydroxylation is 1. The molecule has 0 aliphatic heterocycles. The van der Waals surface area contributed by atoms with Crippen molar-refractivity contribution in [3.05, 3.63) is 52.7 Å². The van der Waals surface area contributed by atoms with Crippen molar-refractivity contribution in [2.24, 2.45) is 0 Å². The molecule has 0 aliphatic rings. The second kappa shape index (κ2) is 8.53. The molecule has 2 aromatic rings. The number of carbonyl (C=O) groups excluding carboxylic acids is 1. The van der Waals surface area contributed by atoms with Crippen LogP contribution in [0, 0.1) is 6.92 Å². The summed E-state index contributed by atoms with van der Waals surface area (Å²) in [5, 5.41) is 6.79. The Morgan fingerprint density at radius 2 is 2.09 bits per heavy atom. The summed E-state index contributed by atoms with van der Waals surface area (Å²) in [4.78, 5) is 16.6. The van der Waals surface area contributed by atoms with Crippen molar-refractivity contribution in [2.45, 2.75) is 33.1 Å². The van der Waals surface area contributed by atoms with Crippen LogP contribution >= 0.6 is 11.6 Å². The summed E-state index contributed by atoms with van der Waals surface area (Å²) in [5.74, 6) is 0.419. The predicted octanol–water partition coefficient (Wildman–Crippen LogP) is 4.71. The van der Waals surface area contributed by atoms with Crippen LogP contribution < -0.4 is 10.6 Å². The van der Waals surface area contributed by atoms with Gasteiger partial charge in [0.25, 0.3) is 5.91 Å². The Balaban J connectivity index is 2.14. The predicted molar refractivity (Wildman–Crippen MR) is 95.6 cm³/mol. The minimum atomic E-state index is -0.114. The molecule has 0 bridgehead atoms. The van der Waals surface area contributed by atoms with Crippen molar-refractivity contribution in [1.29, 1.82) is 0 Å². The molecule has 1 aromatic heterocycles. The normalized spacial score (nSPS) is 10.4. The molecule has 2 N–H and O–H groups in total. The maximum Gasteiger partial charge on any atom is 0.255 e. The quantitative estimate of drug-likeness (QED) is 0.722. The van der Waals surface area contributed by atoms with Gasteiger partial charge in [0.1, 0.15) is 5.82 Å². The van der Waals surface area contributed by atoms with E-state index in [1.165, 1.54) is 0 Å². The van der Waals surface area contributed by atoms with E-state index in [4.69, 9.17) is 11.6 Å². The second-order valence-corrected chi connectivity index (χ2v) is 5.88. The van der Waals surface area contributed by atoms with Crippen LogP contribution in [0.1, 0.15) is 42.1 Å². The zero-order chi connectivity index (χ0) is 16.7. The fourth-order valence-corrected chi connectivity index (χ4v) is 2.39. The van der Waals surface area contributed by atoms with Crippen LogP contribution in [0.2, 0.25) is 5.02 Å². The first kappa shape index (κ1) is 17.3. The van der Waals surface area contributed by atoms with Crippen molar-refractivity contribution in [3.8, 4) is 0 Å². The van der Waals surface area contributed by atoms with Gasteiger partial charge in [-0.25, -0.2) is 4.98 Å². The van der Waals surface area contributed by atoms with Crippen molar-refractivity contribution >= 4 is 29.0 Å². The van der Waals surface area contributed by atoms with Crippen molar-refractivity contribution in [3.63, 3.8) is 0 Å². The number of anilines is 2. The van der Waals surface area contributed by atoms with Crippen LogP contribution in [-0.4, -0.2) is 17.4 Å². The Hall–Kier alpha value is -2.07. The topological polar surface area (TPSA) is 54.0 Å². The summed E-state index contributed by atoms with van der Waals surface area (Å²) in [6, 6.07) is 9.12. The smallest absolute Gasteiger partial charge is 0.255 e. The monoisotopic (exact) mass is 331 g/mol. The Kier molecular flexibility index (Phi) is 6.41. The summed E-state index contributed by atoms with van der Waals surface area (Å²) in [7, 11) is 0. The molecule has 0 spiro atoms. The first-order valence-electron chi connectivity index (χ1n) is 7.88. The van der Waals surface area contributed by atoms with E-state index in [9.17, 15) is 4.79 Å². The van der Waals surface area contributed by atoms with Crippen molar-refractivity contribution < 1.29 is 4.79 Å². The van der Waals surface area contributed by atoms with Gasteiger partial charge in [0, 0.05) is 23.5 Å². The summed E-state index contributed by atoms with van der Waals surface area (Å²) in [5.41, 5.74) is 2.41. The molecule has 5 heteroatoms. The zero-order valence-corrected chi connectivity index (χ0v) is 14.3. The molecular weight excluding hydrogens is 310 g/mol. The van der Waals surface area contributed by atoms with Gasteiger partial charge in [0.05, 0.1) is 5.56 Å². The molecule has 0 aliphatic carbocycles. The molecule has 4 nitrogen and oxygen atoms in total. The molecule has 1 aromatic carbocycles. The Bertz CT molecular complexity index is 673. The molecule has 0 atom stereocenters. The molecule has 23 heavy (non-hydrogen) atoms. The van der Waals surface area contributed by atoms with Crippen LogP contribution in [0.15, 0.2) is 36.5 Å². The van der Waals surface area contributed by atoms with E-state index < -0.39 is 0 Å². The summed E-state index contributed by atoms with van der Waals surface area (Å²) < 4.78 is 0. The number of hydrogen-bond acceptors (Lipinski definition) is 3. The van der Waals surface area contributed by atoms with Gasteiger partial charge in [0.15, 0.2) is 0 Å². The number of aromatic nitrogens is 1. The summed E-state index contributed by atoms with van der Waals surface area (Å²) in [6.07, 6.45) is 4.89. The lowest BCUT2D eigenvalue weighted by Gasteiger charge is -2.13. The molecule has 0 unspecified atom stereocenters. The van der Waals surface area contributed by atoms with Crippen molar-refractivity contribution in [1.82, 2.24) is 10.3 Å². The third-order valence-corrected chi connectivity index (χ3v) is 3.81. The largest absolute Gasteiger partial charge is 0.352 e. The number of benzene rings is 1. The number of nitrogens with zero attached hydrogens (tertiary/aromatic N) is 1. The van der Waals surface area contributed by atoms with Crippen LogP contribution in [-0.2, 0) is 0 Å². The highest BCUT2D eigenvalue weighted by Gasteiger charge is 2.12. The number of pyridine rings is 1. The van der Waals surface area contributed by atoms with Crippen LogP contribution in [0.4, 0.5) is 11.5 Å². The number of carbonyl (C=O) groups is 1. The van der Waals surface area contributed by atoms with Gasteiger partial charge in [-0.15, -0.1) is 0 Å². The highest BCUT2D eigenvalue weighted by molar-refractivity contribution is 6.30. The molecule has 2 rings (SSSR count). The van der Waals surface area contributed by atoms with E-state index in [0.717, 1.165) is 30.5 Å². The molecule has 1 amide bonds. The van der Waals surface area contributed by atoms with Gasteiger partial charge in [-0.1, -0.05) is 37.4 Å². The first-order valence-corrected chi connectivity index (χ1v) is 8.26. The fourth-order valence-electron chi connectivity index (χ4n) is 2.22. The van der Waals surface area contributed by atoms with Crippen LogP contribution in [0.25, 0.3) is 0 Å². The first-order chi connectivity index (χ1) is 11.1. The van der Waals surface area contributed by atoms with Crippen LogP contribution in [0.5, 0.6) is 0 Å². The standard InChI is InChI=1S/C18H22ClN3O/c1-3-4-5-10-21-18(23)15-7-6-11-20-17(15)22-16-12-14(19)9-8-13(16)2/h6-9,11-12H,3-5,10H2,1-2H3,(H,20,22)(H,21,23). The van der Waals surface area contributed by atoms with Crippen molar-refractivity contribution in [2.75, 3.05) is 11.9 Å². The maximum atomic E-state index is 12.4. The van der Waals surface area contributed by atoms with E-state index >= 15 is 0 Å². The lowest BCUT2D eigenvalue weighted by molar-refractivity contribution is 0.0953. The van der Waals surface area contributed by atoms with Gasteiger partial charge < -0.3 is 10.6 Å². The minimum Gasteiger partial charge on any atom is -0.352 e. The molecule has 122 valence electrons. The Morgan fingerprint density at radius 3 is 2.87 bits per heavy atom. The molecule has 1 heterocycles. The third kappa shape index (κ3) is 4.96. The van der Waals surface area contributed by atoms with E-state index in [0.29, 0.717) is 22.9 Å². The average molecular weight is 332 g/mol. The van der Waals surface area contributed by atoms with E-state index in [1.807, 2.05) is 25.1 Å². The zero-order valence-electron chi connectivity index (χ0n) is 13.5. The van der Waals surface area contributed by atoms with E-state index in [1.54, 1.807) is 18.3 Å². The second-order valence-electron chi connectivity index (χ2n) is 5.45. The number of nitrogens with one attached hydrogen (secondary N) is 2. The number of hydrogen-bond donors (Lipinski definition) is 2. The number of rotatable bonds is 7. The van der Waals surface area contributed by atoms with E-state index in [2.05, 4.69) is 22.5 Å². The lowest BCUT2D eigenvalue weighted by atomic mass is 10.2. The average Bonchev–Trinajstić information content (AvgIpc) is 2.55. The number of amides is 1. The lowest BCUT2D eigenvalue weighted by Crippen LogP contribution is -2.25. The number of unbranched alkanes of at least 4 members (excludes halogenated alkanes) is 2. The fraction of sp³-hybridized carbons (Fsp3) is 0.333. The Morgan fingerprint density at radius 1 is 1.26 bits per heavy atom.